The van der Waals surface area contributed by atoms with Crippen LogP contribution in [0.15, 0.2) is 53.4 Å². The largest absolute Gasteiger partial charge is 0.313 e. The lowest BCUT2D eigenvalue weighted by molar-refractivity contribution is 0.102. The van der Waals surface area contributed by atoms with Gasteiger partial charge in [0.15, 0.2) is 0 Å². The van der Waals surface area contributed by atoms with Crippen molar-refractivity contribution in [3.8, 4) is 10.6 Å². The number of fused-ring (bicyclic) bond motifs is 2. The Labute approximate surface area is 182 Å². The molecule has 4 aromatic rings. The zero-order chi connectivity index (χ0) is 19.8. The zero-order valence-electron chi connectivity index (χ0n) is 16.0. The molecule has 0 bridgehead atoms. The third kappa shape index (κ3) is 3.61. The number of aromatic nitrogens is 1. The molecule has 0 saturated carbocycles. The predicted molar refractivity (Wildman–Crippen MR) is 126 cm³/mol. The first kappa shape index (κ1) is 18.9. The third-order valence-corrected chi connectivity index (χ3v) is 8.26. The average Bonchev–Trinajstić information content (AvgIpc) is 3.34. The van der Waals surface area contributed by atoms with Crippen molar-refractivity contribution in [1.29, 1.82) is 0 Å². The SMILES string of the molecule is CSc1ccc(C(=O)Nc2sc3c(c2-c2nc4ccccc4s2)CCCC3)cc1. The van der Waals surface area contributed by atoms with E-state index in [1.807, 2.05) is 42.7 Å². The number of hydrogen-bond donors (Lipinski definition) is 1. The minimum Gasteiger partial charge on any atom is -0.313 e. The molecule has 1 aliphatic carbocycles. The van der Waals surface area contributed by atoms with Gasteiger partial charge >= 0.3 is 0 Å². The number of nitrogens with one attached hydrogen (secondary N) is 1. The topological polar surface area (TPSA) is 42.0 Å². The van der Waals surface area contributed by atoms with Gasteiger partial charge in [-0.1, -0.05) is 12.1 Å². The number of anilines is 1. The van der Waals surface area contributed by atoms with Gasteiger partial charge in [0.25, 0.3) is 5.91 Å². The van der Waals surface area contributed by atoms with Crippen LogP contribution in [0.25, 0.3) is 20.8 Å². The number of thiophene rings is 1. The van der Waals surface area contributed by atoms with Gasteiger partial charge in [-0.2, -0.15) is 0 Å². The van der Waals surface area contributed by atoms with Crippen molar-refractivity contribution >= 4 is 55.6 Å². The van der Waals surface area contributed by atoms with Crippen molar-refractivity contribution < 1.29 is 4.79 Å². The number of carbonyl (C=O) groups is 1. The predicted octanol–water partition coefficient (Wildman–Crippen LogP) is 6.88. The fourth-order valence-electron chi connectivity index (χ4n) is 3.78. The molecular formula is C23H20N2OS3. The van der Waals surface area contributed by atoms with Gasteiger partial charge in [0.2, 0.25) is 0 Å². The lowest BCUT2D eigenvalue weighted by atomic mass is 9.95. The summed E-state index contributed by atoms with van der Waals surface area (Å²) in [4.78, 5) is 20.4. The van der Waals surface area contributed by atoms with E-state index in [2.05, 4.69) is 17.4 Å². The normalized spacial score (nSPS) is 13.4. The number of thiazole rings is 1. The second-order valence-electron chi connectivity index (χ2n) is 7.08. The Bertz CT molecular complexity index is 1160. The van der Waals surface area contributed by atoms with E-state index < -0.39 is 0 Å². The average molecular weight is 437 g/mol. The van der Waals surface area contributed by atoms with Crippen LogP contribution in [0.3, 0.4) is 0 Å². The number of thioether (sulfide) groups is 1. The molecule has 3 nitrogen and oxygen atoms in total. The highest BCUT2D eigenvalue weighted by atomic mass is 32.2. The maximum atomic E-state index is 13.0. The fraction of sp³-hybridized carbons (Fsp3) is 0.217. The van der Waals surface area contributed by atoms with Crippen molar-refractivity contribution in [2.75, 3.05) is 11.6 Å². The molecule has 5 rings (SSSR count). The summed E-state index contributed by atoms with van der Waals surface area (Å²) < 4.78 is 1.18. The van der Waals surface area contributed by atoms with E-state index in [4.69, 9.17) is 4.98 Å². The molecule has 0 unspecified atom stereocenters. The van der Waals surface area contributed by atoms with Crippen LogP contribution in [-0.2, 0) is 12.8 Å². The number of aryl methyl sites for hydroxylation is 1. The van der Waals surface area contributed by atoms with E-state index in [1.54, 1.807) is 34.4 Å². The number of amides is 1. The second-order valence-corrected chi connectivity index (χ2v) is 10.1. The Morgan fingerprint density at radius 3 is 2.62 bits per heavy atom. The van der Waals surface area contributed by atoms with Crippen LogP contribution in [0.1, 0.15) is 33.6 Å². The van der Waals surface area contributed by atoms with E-state index in [0.29, 0.717) is 5.56 Å². The monoisotopic (exact) mass is 436 g/mol. The van der Waals surface area contributed by atoms with E-state index >= 15 is 0 Å². The molecule has 0 radical (unpaired) electrons. The highest BCUT2D eigenvalue weighted by Gasteiger charge is 2.25. The number of carbonyl (C=O) groups excluding carboxylic acids is 1. The van der Waals surface area contributed by atoms with Crippen LogP contribution < -0.4 is 5.32 Å². The maximum absolute atomic E-state index is 13.0. The summed E-state index contributed by atoms with van der Waals surface area (Å²) in [5.74, 6) is -0.0568. The first-order valence-corrected chi connectivity index (χ1v) is 12.5. The minimum atomic E-state index is -0.0568. The fourth-order valence-corrected chi connectivity index (χ4v) is 6.58. The molecule has 146 valence electrons. The van der Waals surface area contributed by atoms with Crippen LogP contribution in [0.2, 0.25) is 0 Å². The Kier molecular flexibility index (Phi) is 5.16. The highest BCUT2D eigenvalue weighted by Crippen LogP contribution is 2.46. The summed E-state index contributed by atoms with van der Waals surface area (Å²) in [7, 11) is 0. The number of para-hydroxylation sites is 1. The van der Waals surface area contributed by atoms with E-state index in [1.165, 1.54) is 28.0 Å². The number of benzene rings is 2. The summed E-state index contributed by atoms with van der Waals surface area (Å²) in [6.45, 7) is 0. The summed E-state index contributed by atoms with van der Waals surface area (Å²) in [5, 5.41) is 5.16. The lowest BCUT2D eigenvalue weighted by Gasteiger charge is -2.11. The van der Waals surface area contributed by atoms with Gasteiger partial charge in [0.1, 0.15) is 10.0 Å². The first-order valence-electron chi connectivity index (χ1n) is 9.69. The molecule has 6 heteroatoms. The Morgan fingerprint density at radius 1 is 1.03 bits per heavy atom. The molecule has 0 saturated heterocycles. The molecule has 0 spiro atoms. The number of hydrogen-bond acceptors (Lipinski definition) is 5. The molecule has 0 fully saturated rings. The van der Waals surface area contributed by atoms with Crippen molar-refractivity contribution in [2.45, 2.75) is 30.6 Å². The highest BCUT2D eigenvalue weighted by molar-refractivity contribution is 7.98. The molecule has 1 amide bonds. The molecule has 2 aromatic carbocycles. The minimum absolute atomic E-state index is 0.0568. The third-order valence-electron chi connectivity index (χ3n) is 5.26. The smallest absolute Gasteiger partial charge is 0.256 e. The van der Waals surface area contributed by atoms with Gasteiger partial charge in [0.05, 0.1) is 10.2 Å². The summed E-state index contributed by atoms with van der Waals surface area (Å²) in [6.07, 6.45) is 6.61. The van der Waals surface area contributed by atoms with Crippen LogP contribution in [0.4, 0.5) is 5.00 Å². The van der Waals surface area contributed by atoms with Crippen molar-refractivity contribution in [3.63, 3.8) is 0 Å². The van der Waals surface area contributed by atoms with Gasteiger partial charge in [-0.15, -0.1) is 34.4 Å². The van der Waals surface area contributed by atoms with E-state index in [0.717, 1.165) is 38.8 Å². The zero-order valence-corrected chi connectivity index (χ0v) is 18.5. The van der Waals surface area contributed by atoms with Gasteiger partial charge in [-0.25, -0.2) is 4.98 Å². The van der Waals surface area contributed by atoms with Gasteiger partial charge < -0.3 is 5.32 Å². The van der Waals surface area contributed by atoms with Crippen LogP contribution >= 0.6 is 34.4 Å². The molecule has 0 atom stereocenters. The van der Waals surface area contributed by atoms with E-state index in [9.17, 15) is 4.79 Å². The standard InChI is InChI=1S/C23H20N2OS3/c1-27-15-12-10-14(11-13-15)21(26)25-23-20(16-6-2-4-8-18(16)28-23)22-24-17-7-3-5-9-19(17)29-22/h3,5,7,9-13H,2,4,6,8H2,1H3,(H,25,26). The Hall–Kier alpha value is -2.15. The molecule has 2 heterocycles. The summed E-state index contributed by atoms with van der Waals surface area (Å²) in [5.41, 5.74) is 4.23. The van der Waals surface area contributed by atoms with Crippen LogP contribution in [-0.4, -0.2) is 17.1 Å². The van der Waals surface area contributed by atoms with Crippen LogP contribution in [0.5, 0.6) is 0 Å². The number of rotatable bonds is 4. The molecule has 29 heavy (non-hydrogen) atoms. The Balaban J connectivity index is 1.55. The van der Waals surface area contributed by atoms with Gasteiger partial charge in [-0.3, -0.25) is 4.79 Å². The van der Waals surface area contributed by atoms with E-state index in [-0.39, 0.29) is 5.91 Å². The lowest BCUT2D eigenvalue weighted by Crippen LogP contribution is -2.11. The molecule has 2 aromatic heterocycles. The molecule has 0 aliphatic heterocycles. The van der Waals surface area contributed by atoms with Crippen molar-refractivity contribution in [1.82, 2.24) is 4.98 Å². The molecule has 1 aliphatic rings. The summed E-state index contributed by atoms with van der Waals surface area (Å²) in [6, 6.07) is 16.0. The second kappa shape index (κ2) is 7.94. The first-order chi connectivity index (χ1) is 14.2. The van der Waals surface area contributed by atoms with Crippen LogP contribution in [0, 0.1) is 0 Å². The van der Waals surface area contributed by atoms with Crippen molar-refractivity contribution in [3.05, 3.63) is 64.5 Å². The molecular weight excluding hydrogens is 416 g/mol. The van der Waals surface area contributed by atoms with Crippen molar-refractivity contribution in [2.24, 2.45) is 0 Å². The van der Waals surface area contributed by atoms with Gasteiger partial charge in [0, 0.05) is 20.9 Å². The number of nitrogens with zero attached hydrogens (tertiary/aromatic N) is 1. The quantitative estimate of drug-likeness (QED) is 0.355. The maximum Gasteiger partial charge on any atom is 0.256 e. The van der Waals surface area contributed by atoms with Gasteiger partial charge in [-0.05, 0) is 73.9 Å². The molecule has 1 N–H and O–H groups in total. The summed E-state index contributed by atoms with van der Waals surface area (Å²) >= 11 is 5.12. The Morgan fingerprint density at radius 2 is 1.83 bits per heavy atom.